The van der Waals surface area contributed by atoms with Gasteiger partial charge in [0.05, 0.1) is 5.56 Å². The lowest BCUT2D eigenvalue weighted by molar-refractivity contribution is 0.0696. The summed E-state index contributed by atoms with van der Waals surface area (Å²) in [6, 6.07) is 4.58. The minimum Gasteiger partial charge on any atom is -0.508 e. The van der Waals surface area contributed by atoms with Gasteiger partial charge in [-0.25, -0.2) is 4.79 Å². The van der Waals surface area contributed by atoms with Gasteiger partial charge < -0.3 is 10.2 Å². The van der Waals surface area contributed by atoms with Crippen molar-refractivity contribution in [1.82, 2.24) is 0 Å². The summed E-state index contributed by atoms with van der Waals surface area (Å²) in [7, 11) is 0. The zero-order chi connectivity index (χ0) is 12.5. The third kappa shape index (κ3) is 2.28. The van der Waals surface area contributed by atoms with E-state index in [1.54, 1.807) is 6.07 Å². The summed E-state index contributed by atoms with van der Waals surface area (Å²) < 4.78 is 0. The first kappa shape index (κ1) is 12.0. The predicted molar refractivity (Wildman–Crippen MR) is 65.5 cm³/mol. The summed E-state index contributed by atoms with van der Waals surface area (Å²) in [4.78, 5) is 11.0. The highest BCUT2D eigenvalue weighted by molar-refractivity contribution is 5.88. The van der Waals surface area contributed by atoms with Crippen LogP contribution in [0.15, 0.2) is 18.2 Å². The van der Waals surface area contributed by atoms with E-state index in [2.05, 4.69) is 6.92 Å². The molecule has 0 spiro atoms. The number of rotatable bonds is 2. The first-order chi connectivity index (χ1) is 8.03. The molecule has 1 aromatic carbocycles. The van der Waals surface area contributed by atoms with Crippen LogP contribution in [0.25, 0.3) is 0 Å². The van der Waals surface area contributed by atoms with Crippen molar-refractivity contribution in [1.29, 1.82) is 0 Å². The van der Waals surface area contributed by atoms with E-state index in [4.69, 9.17) is 5.11 Å². The number of carboxylic acid groups (broad SMARTS) is 1. The van der Waals surface area contributed by atoms with E-state index in [0.29, 0.717) is 0 Å². The lowest BCUT2D eigenvalue weighted by Gasteiger charge is -2.34. The Morgan fingerprint density at radius 1 is 1.24 bits per heavy atom. The van der Waals surface area contributed by atoms with E-state index >= 15 is 0 Å². The van der Waals surface area contributed by atoms with Crippen molar-refractivity contribution in [3.8, 4) is 5.75 Å². The molecule has 0 aromatic heterocycles. The molecule has 92 valence electrons. The van der Waals surface area contributed by atoms with Gasteiger partial charge in [-0.2, -0.15) is 0 Å². The molecule has 0 saturated heterocycles. The second-order valence-corrected chi connectivity index (χ2v) is 5.16. The number of hydrogen-bond acceptors (Lipinski definition) is 2. The first-order valence-corrected chi connectivity index (χ1v) is 6.10. The molecule has 0 unspecified atom stereocenters. The van der Waals surface area contributed by atoms with Crippen LogP contribution in [-0.4, -0.2) is 16.2 Å². The SMILES string of the molecule is CC1(c2cc(C(=O)O)ccc2O)CCCCC1. The third-order valence-electron chi connectivity index (χ3n) is 3.85. The van der Waals surface area contributed by atoms with Gasteiger partial charge in [-0.15, -0.1) is 0 Å². The smallest absolute Gasteiger partial charge is 0.335 e. The first-order valence-electron chi connectivity index (χ1n) is 6.10. The van der Waals surface area contributed by atoms with Crippen LogP contribution in [0.2, 0.25) is 0 Å². The second-order valence-electron chi connectivity index (χ2n) is 5.16. The number of benzene rings is 1. The summed E-state index contributed by atoms with van der Waals surface area (Å²) in [5.41, 5.74) is 0.968. The summed E-state index contributed by atoms with van der Waals surface area (Å²) in [6.07, 6.45) is 5.56. The topological polar surface area (TPSA) is 57.5 Å². The number of aromatic hydroxyl groups is 1. The summed E-state index contributed by atoms with van der Waals surface area (Å²) >= 11 is 0. The minimum atomic E-state index is -0.939. The van der Waals surface area contributed by atoms with Gasteiger partial charge in [0.2, 0.25) is 0 Å². The molecular weight excluding hydrogens is 216 g/mol. The van der Waals surface area contributed by atoms with Crippen LogP contribution in [0.3, 0.4) is 0 Å². The van der Waals surface area contributed by atoms with Gasteiger partial charge >= 0.3 is 5.97 Å². The van der Waals surface area contributed by atoms with Gasteiger partial charge in [-0.3, -0.25) is 0 Å². The predicted octanol–water partition coefficient (Wildman–Crippen LogP) is 3.31. The van der Waals surface area contributed by atoms with E-state index in [0.717, 1.165) is 31.2 Å². The number of carboxylic acids is 1. The van der Waals surface area contributed by atoms with Crippen molar-refractivity contribution in [2.75, 3.05) is 0 Å². The summed E-state index contributed by atoms with van der Waals surface area (Å²) in [6.45, 7) is 2.12. The largest absolute Gasteiger partial charge is 0.508 e. The van der Waals surface area contributed by atoms with E-state index in [1.165, 1.54) is 18.6 Å². The fourth-order valence-electron chi connectivity index (χ4n) is 2.75. The van der Waals surface area contributed by atoms with Crippen molar-refractivity contribution < 1.29 is 15.0 Å². The molecule has 1 fully saturated rings. The normalized spacial score (nSPS) is 18.9. The van der Waals surface area contributed by atoms with Gasteiger partial charge in [-0.05, 0) is 36.5 Å². The average Bonchev–Trinajstić information content (AvgIpc) is 2.30. The molecule has 0 bridgehead atoms. The molecule has 1 aliphatic carbocycles. The molecule has 0 aliphatic heterocycles. The van der Waals surface area contributed by atoms with Crippen LogP contribution in [0.4, 0.5) is 0 Å². The highest BCUT2D eigenvalue weighted by atomic mass is 16.4. The summed E-state index contributed by atoms with van der Waals surface area (Å²) in [5, 5.41) is 18.9. The fraction of sp³-hybridized carbons (Fsp3) is 0.500. The van der Waals surface area contributed by atoms with Crippen LogP contribution in [0.1, 0.15) is 54.9 Å². The minimum absolute atomic E-state index is 0.0756. The zero-order valence-electron chi connectivity index (χ0n) is 10.1. The van der Waals surface area contributed by atoms with E-state index < -0.39 is 5.97 Å². The lowest BCUT2D eigenvalue weighted by Crippen LogP contribution is -2.25. The fourth-order valence-corrected chi connectivity index (χ4v) is 2.75. The van der Waals surface area contributed by atoms with E-state index in [1.807, 2.05) is 0 Å². The maximum atomic E-state index is 11.0. The van der Waals surface area contributed by atoms with Crippen LogP contribution >= 0.6 is 0 Å². The van der Waals surface area contributed by atoms with Crippen molar-refractivity contribution in [3.05, 3.63) is 29.3 Å². The Labute approximate surface area is 101 Å². The Morgan fingerprint density at radius 3 is 2.47 bits per heavy atom. The molecule has 3 heteroatoms. The van der Waals surface area contributed by atoms with Crippen molar-refractivity contribution in [3.63, 3.8) is 0 Å². The Hall–Kier alpha value is -1.51. The molecule has 0 amide bonds. The second kappa shape index (κ2) is 4.40. The Balaban J connectivity index is 2.42. The number of phenols is 1. The van der Waals surface area contributed by atoms with E-state index in [9.17, 15) is 9.90 Å². The molecule has 0 heterocycles. The van der Waals surface area contributed by atoms with E-state index in [-0.39, 0.29) is 16.7 Å². The Kier molecular flexibility index (Phi) is 3.09. The van der Waals surface area contributed by atoms with Gasteiger partial charge in [0.25, 0.3) is 0 Å². The Morgan fingerprint density at radius 2 is 1.88 bits per heavy atom. The Bertz CT molecular complexity index is 431. The standard InChI is InChI=1S/C14H18O3/c1-14(7-3-2-4-8-14)11-9-10(13(16)17)5-6-12(11)15/h5-6,9,15H,2-4,7-8H2,1H3,(H,16,17). The molecule has 1 aromatic rings. The molecule has 0 atom stereocenters. The van der Waals surface area contributed by atoms with Crippen molar-refractivity contribution >= 4 is 5.97 Å². The summed E-state index contributed by atoms with van der Waals surface area (Å²) in [5.74, 6) is -0.718. The van der Waals surface area contributed by atoms with Crippen LogP contribution in [0.5, 0.6) is 5.75 Å². The van der Waals surface area contributed by atoms with Crippen LogP contribution in [0, 0.1) is 0 Å². The average molecular weight is 234 g/mol. The number of phenolic OH excluding ortho intramolecular Hbond substituents is 1. The molecule has 1 saturated carbocycles. The lowest BCUT2D eigenvalue weighted by atomic mass is 9.70. The molecule has 0 radical (unpaired) electrons. The molecular formula is C14H18O3. The number of carbonyl (C=O) groups is 1. The zero-order valence-corrected chi connectivity index (χ0v) is 10.1. The number of aromatic carboxylic acids is 1. The molecule has 2 N–H and O–H groups in total. The quantitative estimate of drug-likeness (QED) is 0.825. The monoisotopic (exact) mass is 234 g/mol. The van der Waals surface area contributed by atoms with Crippen molar-refractivity contribution in [2.24, 2.45) is 0 Å². The van der Waals surface area contributed by atoms with Crippen LogP contribution in [-0.2, 0) is 5.41 Å². The van der Waals surface area contributed by atoms with Gasteiger partial charge in [0.15, 0.2) is 0 Å². The molecule has 1 aliphatic rings. The maximum Gasteiger partial charge on any atom is 0.335 e. The van der Waals surface area contributed by atoms with Gasteiger partial charge in [-0.1, -0.05) is 26.2 Å². The third-order valence-corrected chi connectivity index (χ3v) is 3.85. The van der Waals surface area contributed by atoms with Crippen molar-refractivity contribution in [2.45, 2.75) is 44.4 Å². The highest BCUT2D eigenvalue weighted by Gasteiger charge is 2.31. The maximum absolute atomic E-state index is 11.0. The molecule has 17 heavy (non-hydrogen) atoms. The van der Waals surface area contributed by atoms with Gasteiger partial charge in [0.1, 0.15) is 5.75 Å². The number of hydrogen-bond donors (Lipinski definition) is 2. The highest BCUT2D eigenvalue weighted by Crippen LogP contribution is 2.42. The van der Waals surface area contributed by atoms with Gasteiger partial charge in [0, 0.05) is 5.56 Å². The molecule has 2 rings (SSSR count). The van der Waals surface area contributed by atoms with Crippen LogP contribution < -0.4 is 0 Å². The molecule has 3 nitrogen and oxygen atoms in total.